The average Bonchev–Trinajstić information content (AvgIpc) is 3.01. The fraction of sp³-hybridized carbons (Fsp3) is 0.368. The van der Waals surface area contributed by atoms with E-state index in [-0.39, 0.29) is 24.3 Å². The molecule has 1 amide bonds. The molecule has 1 fully saturated rings. The molecule has 2 heterocycles. The van der Waals surface area contributed by atoms with Gasteiger partial charge in [-0.05, 0) is 18.2 Å². The molecule has 0 unspecified atom stereocenters. The summed E-state index contributed by atoms with van der Waals surface area (Å²) in [5.41, 5.74) is 5.85. The molecule has 0 saturated carbocycles. The Morgan fingerprint density at radius 3 is 2.76 bits per heavy atom. The van der Waals surface area contributed by atoms with Crippen molar-refractivity contribution in [1.29, 1.82) is 0 Å². The number of carbonyl (C=O) groups is 1. The first-order valence-electron chi connectivity index (χ1n) is 8.98. The van der Waals surface area contributed by atoms with Crippen LogP contribution >= 0.6 is 0 Å². The summed E-state index contributed by atoms with van der Waals surface area (Å²) in [6, 6.07) is 8.13. The normalized spacial score (nSPS) is 19.6. The molecule has 3 rings (SSSR count). The minimum absolute atomic E-state index is 0.0308. The summed E-state index contributed by atoms with van der Waals surface area (Å²) < 4.78 is 45.2. The summed E-state index contributed by atoms with van der Waals surface area (Å²) in [7, 11) is 0. The first-order valence-corrected chi connectivity index (χ1v) is 8.98. The molecule has 29 heavy (non-hydrogen) atoms. The van der Waals surface area contributed by atoms with E-state index in [4.69, 9.17) is 10.5 Å². The average molecular weight is 410 g/mol. The highest BCUT2D eigenvalue weighted by molar-refractivity contribution is 5.92. The summed E-state index contributed by atoms with van der Waals surface area (Å²) in [5.74, 6) is -1.17. The van der Waals surface area contributed by atoms with Crippen LogP contribution in [0.5, 0.6) is 0 Å². The number of nitrogens with two attached hydrogens (primary N) is 1. The van der Waals surface area contributed by atoms with Crippen molar-refractivity contribution in [3.05, 3.63) is 58.8 Å². The third-order valence-electron chi connectivity index (χ3n) is 4.52. The highest BCUT2D eigenvalue weighted by atomic mass is 19.3. The van der Waals surface area contributed by atoms with Gasteiger partial charge in [0, 0.05) is 37.5 Å². The Bertz CT molecular complexity index is 922. The van der Waals surface area contributed by atoms with E-state index in [1.54, 1.807) is 17.0 Å². The number of anilines is 1. The van der Waals surface area contributed by atoms with E-state index in [2.05, 4.69) is 5.32 Å². The zero-order valence-corrected chi connectivity index (χ0v) is 15.4. The van der Waals surface area contributed by atoms with Gasteiger partial charge in [-0.25, -0.2) is 13.2 Å². The molecule has 3 N–H and O–H groups in total. The number of nitrogens with one attached hydrogen (secondary N) is 1. The fourth-order valence-corrected chi connectivity index (χ4v) is 3.17. The van der Waals surface area contributed by atoms with Gasteiger partial charge in [-0.1, -0.05) is 6.07 Å². The Morgan fingerprint density at radius 2 is 2.07 bits per heavy atom. The van der Waals surface area contributed by atoms with Gasteiger partial charge in [0.25, 0.3) is 12.0 Å². The number of likely N-dealkylation sites (tertiary alicyclic amines) is 1. The number of ether oxygens (including phenoxy) is 1. The van der Waals surface area contributed by atoms with Gasteiger partial charge in [0.05, 0.1) is 24.0 Å². The van der Waals surface area contributed by atoms with Crippen molar-refractivity contribution in [2.24, 2.45) is 5.73 Å². The number of hydrogen-bond acceptors (Lipinski definition) is 5. The molecule has 2 aromatic rings. The summed E-state index contributed by atoms with van der Waals surface area (Å²) >= 11 is 0. The lowest BCUT2D eigenvalue weighted by Gasteiger charge is -2.16. The van der Waals surface area contributed by atoms with Crippen LogP contribution in [0.2, 0.25) is 0 Å². The maximum absolute atomic E-state index is 14.4. The van der Waals surface area contributed by atoms with E-state index in [9.17, 15) is 22.8 Å². The van der Waals surface area contributed by atoms with E-state index < -0.39 is 36.9 Å². The second kappa shape index (κ2) is 9.21. The van der Waals surface area contributed by atoms with Gasteiger partial charge >= 0.3 is 0 Å². The lowest BCUT2D eigenvalue weighted by molar-refractivity contribution is -0.117. The molecule has 1 aliphatic rings. The number of aromatic nitrogens is 1. The van der Waals surface area contributed by atoms with Gasteiger partial charge in [-0.3, -0.25) is 19.1 Å². The van der Waals surface area contributed by atoms with Crippen molar-refractivity contribution in [2.75, 3.05) is 31.6 Å². The van der Waals surface area contributed by atoms with Crippen molar-refractivity contribution in [1.82, 2.24) is 9.47 Å². The van der Waals surface area contributed by atoms with Crippen molar-refractivity contribution in [3.8, 4) is 5.69 Å². The van der Waals surface area contributed by atoms with Gasteiger partial charge in [-0.15, -0.1) is 0 Å². The molecule has 0 spiro atoms. The Kier molecular flexibility index (Phi) is 6.68. The Labute approximate surface area is 164 Å². The van der Waals surface area contributed by atoms with Crippen LogP contribution in [0.25, 0.3) is 5.69 Å². The number of alkyl halides is 2. The third-order valence-corrected chi connectivity index (χ3v) is 4.52. The Hall–Kier alpha value is -2.69. The second-order valence-corrected chi connectivity index (χ2v) is 6.74. The number of amides is 1. The Morgan fingerprint density at radius 1 is 1.28 bits per heavy atom. The lowest BCUT2D eigenvalue weighted by atomic mass is 10.2. The van der Waals surface area contributed by atoms with Gasteiger partial charge in [0.1, 0.15) is 12.4 Å². The standard InChI is InChI=1S/C19H21F3N4O3/c20-13-7-12(26-6-2-1-3-19(26)28)4-5-15(13)24-18(27)10-25-8-14(23)16(9-25)29-11-17(21)22/h1-7,14,16-17H,8-11,23H2,(H,24,27)/t14-,16-/m0/s1. The first kappa shape index (κ1) is 21.0. The SMILES string of the molecule is N[C@H]1CN(CC(=O)Nc2ccc(-n3ccccc3=O)cc2F)C[C@@H]1OCC(F)F. The smallest absolute Gasteiger partial charge is 0.261 e. The van der Waals surface area contributed by atoms with E-state index in [1.807, 2.05) is 0 Å². The van der Waals surface area contributed by atoms with E-state index >= 15 is 0 Å². The van der Waals surface area contributed by atoms with E-state index in [1.165, 1.54) is 29.0 Å². The number of carbonyl (C=O) groups excluding carboxylic acids is 1. The molecule has 7 nitrogen and oxygen atoms in total. The zero-order chi connectivity index (χ0) is 21.0. The van der Waals surface area contributed by atoms with Crippen LogP contribution in [0.1, 0.15) is 0 Å². The fourth-order valence-electron chi connectivity index (χ4n) is 3.17. The highest BCUT2D eigenvalue weighted by Gasteiger charge is 2.32. The molecule has 1 saturated heterocycles. The van der Waals surface area contributed by atoms with Crippen LogP contribution < -0.4 is 16.6 Å². The topological polar surface area (TPSA) is 89.6 Å². The minimum atomic E-state index is -2.59. The minimum Gasteiger partial charge on any atom is -0.369 e. The molecule has 0 radical (unpaired) electrons. The van der Waals surface area contributed by atoms with Crippen LogP contribution in [0.4, 0.5) is 18.9 Å². The predicted octanol–water partition coefficient (Wildman–Crippen LogP) is 1.21. The number of nitrogens with zero attached hydrogens (tertiary/aromatic N) is 2. The highest BCUT2D eigenvalue weighted by Crippen LogP contribution is 2.18. The lowest BCUT2D eigenvalue weighted by Crippen LogP contribution is -2.36. The van der Waals surface area contributed by atoms with E-state index in [0.717, 1.165) is 6.07 Å². The van der Waals surface area contributed by atoms with Gasteiger partial charge in [0.2, 0.25) is 5.91 Å². The summed E-state index contributed by atoms with van der Waals surface area (Å²) in [6.07, 6.45) is -1.66. The number of rotatable bonds is 7. The van der Waals surface area contributed by atoms with Crippen LogP contribution in [-0.4, -0.2) is 60.2 Å². The molecular formula is C19H21F3N4O3. The summed E-state index contributed by atoms with van der Waals surface area (Å²) in [6.45, 7) is -0.249. The molecule has 10 heteroatoms. The molecular weight excluding hydrogens is 389 g/mol. The van der Waals surface area contributed by atoms with Crippen LogP contribution in [0, 0.1) is 5.82 Å². The van der Waals surface area contributed by atoms with Crippen molar-refractivity contribution in [3.63, 3.8) is 0 Å². The maximum Gasteiger partial charge on any atom is 0.261 e. The third kappa shape index (κ3) is 5.43. The number of pyridine rings is 1. The molecule has 0 bridgehead atoms. The van der Waals surface area contributed by atoms with Crippen LogP contribution in [0.3, 0.4) is 0 Å². The summed E-state index contributed by atoms with van der Waals surface area (Å²) in [4.78, 5) is 25.7. The molecule has 2 atom stereocenters. The monoisotopic (exact) mass is 410 g/mol. The zero-order valence-electron chi connectivity index (χ0n) is 15.4. The van der Waals surface area contributed by atoms with E-state index in [0.29, 0.717) is 12.2 Å². The molecule has 156 valence electrons. The largest absolute Gasteiger partial charge is 0.369 e. The maximum atomic E-state index is 14.4. The quantitative estimate of drug-likeness (QED) is 0.716. The molecule has 0 aliphatic carbocycles. The van der Waals surface area contributed by atoms with Gasteiger partial charge < -0.3 is 15.8 Å². The molecule has 1 aromatic heterocycles. The molecule has 1 aromatic carbocycles. The van der Waals surface area contributed by atoms with Gasteiger partial charge in [0.15, 0.2) is 0 Å². The second-order valence-electron chi connectivity index (χ2n) is 6.74. The number of benzene rings is 1. The van der Waals surface area contributed by atoms with Gasteiger partial charge in [-0.2, -0.15) is 0 Å². The summed E-state index contributed by atoms with van der Waals surface area (Å²) in [5, 5.41) is 2.47. The van der Waals surface area contributed by atoms with Crippen LogP contribution in [-0.2, 0) is 9.53 Å². The molecule has 1 aliphatic heterocycles. The predicted molar refractivity (Wildman–Crippen MR) is 101 cm³/mol. The first-order chi connectivity index (χ1) is 13.8. The van der Waals surface area contributed by atoms with Crippen molar-refractivity contribution < 1.29 is 22.7 Å². The van der Waals surface area contributed by atoms with Crippen molar-refractivity contribution >= 4 is 11.6 Å². The van der Waals surface area contributed by atoms with Crippen LogP contribution in [0.15, 0.2) is 47.4 Å². The Balaban J connectivity index is 1.58. The number of hydrogen-bond donors (Lipinski definition) is 2. The van der Waals surface area contributed by atoms with Crippen molar-refractivity contribution in [2.45, 2.75) is 18.6 Å². The number of halogens is 3.